The maximum Gasteiger partial charge on any atom is 0.252 e. The SMILES string of the molecule is CN1c2ccccc2B2c3ccccc3N(C)c3cc([Si](c4ccccc4)(c4ccccc4)c4ccccc4)cc1c32. The Hall–Kier alpha value is -4.80. The molecule has 6 aromatic rings. The fraction of sp³-hybridized carbons (Fsp3) is 0.0526. The van der Waals surface area contributed by atoms with Crippen molar-refractivity contribution in [3.05, 3.63) is 152 Å². The summed E-state index contributed by atoms with van der Waals surface area (Å²) in [4.78, 5) is 4.85. The standard InChI is InChI=1S/C38H31BN2Si/c1-40-34-24-14-12-22-32(34)39-33-23-13-15-25-35(33)41(2)37-27-31(26-36(40)38(37)39)42(28-16-6-3-7-17-28,29-18-8-4-9-19-29)30-20-10-5-11-21-30/h3-27H,1-2H3. The van der Waals surface area contributed by atoms with Crippen LogP contribution in [0.5, 0.6) is 0 Å². The normalized spacial score (nSPS) is 13.3. The largest absolute Gasteiger partial charge is 0.345 e. The van der Waals surface area contributed by atoms with Gasteiger partial charge in [-0.25, -0.2) is 0 Å². The number of hydrogen-bond acceptors (Lipinski definition) is 2. The van der Waals surface area contributed by atoms with Gasteiger partial charge >= 0.3 is 0 Å². The molecule has 0 fully saturated rings. The number of fused-ring (bicyclic) bond motifs is 4. The molecule has 8 rings (SSSR count). The highest BCUT2D eigenvalue weighted by molar-refractivity contribution is 7.20. The highest BCUT2D eigenvalue weighted by Gasteiger charge is 2.46. The molecular formula is C38H31BN2Si. The second kappa shape index (κ2) is 9.64. The zero-order valence-electron chi connectivity index (χ0n) is 23.9. The molecule has 0 radical (unpaired) electrons. The van der Waals surface area contributed by atoms with Gasteiger partial charge in [-0.15, -0.1) is 0 Å². The molecule has 0 aliphatic carbocycles. The van der Waals surface area contributed by atoms with Crippen molar-refractivity contribution in [3.8, 4) is 0 Å². The minimum absolute atomic E-state index is 0.199. The summed E-state index contributed by atoms with van der Waals surface area (Å²) in [5.74, 6) is 0. The van der Waals surface area contributed by atoms with Crippen molar-refractivity contribution in [1.82, 2.24) is 0 Å². The molecule has 0 unspecified atom stereocenters. The van der Waals surface area contributed by atoms with Gasteiger partial charge in [0.1, 0.15) is 0 Å². The van der Waals surface area contributed by atoms with Crippen LogP contribution in [0.15, 0.2) is 152 Å². The predicted molar refractivity (Wildman–Crippen MR) is 184 cm³/mol. The third-order valence-electron chi connectivity index (χ3n) is 9.42. The van der Waals surface area contributed by atoms with Crippen LogP contribution < -0.4 is 46.9 Å². The van der Waals surface area contributed by atoms with Crippen LogP contribution in [0.4, 0.5) is 22.7 Å². The fourth-order valence-electron chi connectivity index (χ4n) is 7.57. The summed E-state index contributed by atoms with van der Waals surface area (Å²) >= 11 is 0. The number of rotatable bonds is 4. The average molecular weight is 555 g/mol. The molecule has 42 heavy (non-hydrogen) atoms. The lowest BCUT2D eigenvalue weighted by molar-refractivity contribution is 1.18. The Labute approximate surface area is 249 Å². The quantitative estimate of drug-likeness (QED) is 0.242. The van der Waals surface area contributed by atoms with E-state index in [1.807, 2.05) is 0 Å². The van der Waals surface area contributed by atoms with Gasteiger partial charge in [-0.2, -0.15) is 0 Å². The van der Waals surface area contributed by atoms with Crippen molar-refractivity contribution in [3.63, 3.8) is 0 Å². The number of anilines is 4. The minimum atomic E-state index is -2.70. The van der Waals surface area contributed by atoms with Crippen LogP contribution in [0.2, 0.25) is 0 Å². The second-order valence-corrected chi connectivity index (χ2v) is 15.3. The van der Waals surface area contributed by atoms with Gasteiger partial charge in [0, 0.05) is 36.8 Å². The topological polar surface area (TPSA) is 6.48 Å². The van der Waals surface area contributed by atoms with Crippen molar-refractivity contribution < 1.29 is 0 Å². The summed E-state index contributed by atoms with van der Waals surface area (Å²) in [7, 11) is 1.78. The van der Waals surface area contributed by atoms with Crippen molar-refractivity contribution in [2.45, 2.75) is 0 Å². The highest BCUT2D eigenvalue weighted by atomic mass is 28.3. The van der Waals surface area contributed by atoms with Gasteiger partial charge in [-0.3, -0.25) is 0 Å². The predicted octanol–water partition coefficient (Wildman–Crippen LogP) is 3.74. The molecule has 0 saturated heterocycles. The molecule has 0 N–H and O–H groups in total. The monoisotopic (exact) mass is 554 g/mol. The number of benzene rings is 6. The Balaban J connectivity index is 1.51. The summed E-state index contributed by atoms with van der Waals surface area (Å²) in [6.07, 6.45) is 0. The lowest BCUT2D eigenvalue weighted by Gasteiger charge is -2.44. The van der Waals surface area contributed by atoms with E-state index in [9.17, 15) is 0 Å². The molecule has 2 aliphatic heterocycles. The van der Waals surface area contributed by atoms with Crippen molar-refractivity contribution >= 4 is 74.7 Å². The molecule has 0 spiro atoms. The number of hydrogen-bond donors (Lipinski definition) is 0. The van der Waals surface area contributed by atoms with Crippen LogP contribution in [0.25, 0.3) is 0 Å². The summed E-state index contributed by atoms with van der Waals surface area (Å²) in [6.45, 7) is 0.199. The van der Waals surface area contributed by atoms with Gasteiger partial charge in [-0.1, -0.05) is 127 Å². The van der Waals surface area contributed by atoms with E-state index in [2.05, 4.69) is 176 Å². The van der Waals surface area contributed by atoms with Crippen LogP contribution in [0, 0.1) is 0 Å². The Morgan fingerprint density at radius 3 is 1.17 bits per heavy atom. The molecule has 0 aromatic heterocycles. The lowest BCUT2D eigenvalue weighted by atomic mass is 9.33. The Morgan fingerprint density at radius 1 is 0.405 bits per heavy atom. The van der Waals surface area contributed by atoms with Crippen molar-refractivity contribution in [1.29, 1.82) is 0 Å². The van der Waals surface area contributed by atoms with Crippen LogP contribution in [-0.2, 0) is 0 Å². The van der Waals surface area contributed by atoms with Gasteiger partial charge in [0.25, 0.3) is 6.71 Å². The molecule has 0 bridgehead atoms. The van der Waals surface area contributed by atoms with E-state index in [0.29, 0.717) is 0 Å². The Morgan fingerprint density at radius 2 is 0.762 bits per heavy atom. The Kier molecular flexibility index (Phi) is 5.73. The van der Waals surface area contributed by atoms with Gasteiger partial charge in [0.2, 0.25) is 0 Å². The molecule has 2 aliphatic rings. The lowest BCUT2D eigenvalue weighted by Crippen LogP contribution is -2.75. The van der Waals surface area contributed by atoms with E-state index in [0.717, 1.165) is 0 Å². The van der Waals surface area contributed by atoms with Crippen LogP contribution in [0.3, 0.4) is 0 Å². The molecule has 0 saturated carbocycles. The summed E-state index contributed by atoms with van der Waals surface area (Å²) in [6, 6.07) is 56.6. The number of para-hydroxylation sites is 2. The Bertz CT molecular complexity index is 1750. The van der Waals surface area contributed by atoms with Crippen molar-refractivity contribution in [2.75, 3.05) is 23.9 Å². The summed E-state index contributed by atoms with van der Waals surface area (Å²) < 4.78 is 0. The maximum absolute atomic E-state index is 2.70. The summed E-state index contributed by atoms with van der Waals surface area (Å²) in [5.41, 5.74) is 9.31. The first kappa shape index (κ1) is 25.0. The van der Waals surface area contributed by atoms with Crippen LogP contribution in [-0.4, -0.2) is 28.9 Å². The average Bonchev–Trinajstić information content (AvgIpc) is 3.06. The first-order valence-corrected chi connectivity index (χ1v) is 16.7. The summed E-state index contributed by atoms with van der Waals surface area (Å²) in [5, 5.41) is 5.58. The molecule has 0 atom stereocenters. The van der Waals surface area contributed by atoms with E-state index in [1.165, 1.54) is 59.9 Å². The van der Waals surface area contributed by atoms with Crippen LogP contribution in [0.1, 0.15) is 0 Å². The highest BCUT2D eigenvalue weighted by Crippen LogP contribution is 2.35. The molecule has 200 valence electrons. The molecule has 4 heteroatoms. The molecule has 6 aromatic carbocycles. The van der Waals surface area contributed by atoms with E-state index >= 15 is 0 Å². The molecule has 2 nitrogen and oxygen atoms in total. The van der Waals surface area contributed by atoms with E-state index in [1.54, 1.807) is 0 Å². The third-order valence-corrected chi connectivity index (χ3v) is 14.2. The van der Waals surface area contributed by atoms with E-state index in [4.69, 9.17) is 0 Å². The molecular weight excluding hydrogens is 523 g/mol. The van der Waals surface area contributed by atoms with E-state index < -0.39 is 8.07 Å². The smallest absolute Gasteiger partial charge is 0.252 e. The van der Waals surface area contributed by atoms with Gasteiger partial charge in [0.15, 0.2) is 8.07 Å². The molecule has 0 amide bonds. The fourth-order valence-corrected chi connectivity index (χ4v) is 12.4. The minimum Gasteiger partial charge on any atom is -0.345 e. The van der Waals surface area contributed by atoms with E-state index in [-0.39, 0.29) is 6.71 Å². The van der Waals surface area contributed by atoms with Crippen molar-refractivity contribution in [2.24, 2.45) is 0 Å². The maximum atomic E-state index is 2.53. The number of nitrogens with zero attached hydrogens (tertiary/aromatic N) is 2. The van der Waals surface area contributed by atoms with Gasteiger partial charge in [0.05, 0.1) is 0 Å². The zero-order valence-corrected chi connectivity index (χ0v) is 24.9. The van der Waals surface area contributed by atoms with Crippen LogP contribution >= 0.6 is 0 Å². The van der Waals surface area contributed by atoms with Gasteiger partial charge < -0.3 is 9.80 Å². The first-order chi connectivity index (χ1) is 20.7. The second-order valence-electron chi connectivity index (χ2n) is 11.4. The molecule has 2 heterocycles. The third kappa shape index (κ3) is 3.45. The van der Waals surface area contributed by atoms with Gasteiger partial charge in [-0.05, 0) is 61.4 Å². The zero-order chi connectivity index (χ0) is 28.3. The first-order valence-electron chi connectivity index (χ1n) is 14.7.